The highest BCUT2D eigenvalue weighted by atomic mass is 35.5. The maximum Gasteiger partial charge on any atom is 0.307 e. The quantitative estimate of drug-likeness (QED) is 0.860. The lowest BCUT2D eigenvalue weighted by Crippen LogP contribution is -2.02. The number of aliphatic carboxylic acids is 1. The van der Waals surface area contributed by atoms with Crippen molar-refractivity contribution in [3.63, 3.8) is 0 Å². The minimum Gasteiger partial charge on any atom is -0.493 e. The van der Waals surface area contributed by atoms with E-state index in [-0.39, 0.29) is 6.42 Å². The minimum absolute atomic E-state index is 0.140. The number of ether oxygens (including phenoxy) is 2. The highest BCUT2D eigenvalue weighted by Gasteiger charge is 2.11. The number of carboxylic acid groups (broad SMARTS) is 1. The second-order valence-corrected chi connectivity index (χ2v) is 3.28. The summed E-state index contributed by atoms with van der Waals surface area (Å²) < 4.78 is 10.1. The predicted octanol–water partition coefficient (Wildman–Crippen LogP) is 1.98. The van der Waals surface area contributed by atoms with Crippen LogP contribution in [0.4, 0.5) is 0 Å². The summed E-state index contributed by atoms with van der Waals surface area (Å²) >= 11 is 5.88. The molecule has 0 unspecified atom stereocenters. The van der Waals surface area contributed by atoms with Crippen LogP contribution in [0, 0.1) is 0 Å². The smallest absolute Gasteiger partial charge is 0.307 e. The van der Waals surface area contributed by atoms with Gasteiger partial charge in [0, 0.05) is 11.1 Å². The Morgan fingerprint density at radius 3 is 2.33 bits per heavy atom. The number of rotatable bonds is 4. The van der Waals surface area contributed by atoms with E-state index in [2.05, 4.69) is 0 Å². The first-order valence-corrected chi connectivity index (χ1v) is 4.58. The third kappa shape index (κ3) is 2.76. The Labute approximate surface area is 92.4 Å². The zero-order valence-corrected chi connectivity index (χ0v) is 9.17. The van der Waals surface area contributed by atoms with E-state index in [1.54, 1.807) is 12.1 Å². The maximum absolute atomic E-state index is 10.5. The molecule has 0 bridgehead atoms. The summed E-state index contributed by atoms with van der Waals surface area (Å²) in [6, 6.07) is 3.11. The van der Waals surface area contributed by atoms with Crippen LogP contribution >= 0.6 is 11.6 Å². The van der Waals surface area contributed by atoms with Crippen molar-refractivity contribution in [2.24, 2.45) is 0 Å². The fourth-order valence-electron chi connectivity index (χ4n) is 1.19. The van der Waals surface area contributed by atoms with Gasteiger partial charge in [0.05, 0.1) is 20.6 Å². The van der Waals surface area contributed by atoms with E-state index in [0.717, 1.165) is 0 Å². The van der Waals surface area contributed by atoms with Crippen molar-refractivity contribution in [3.8, 4) is 11.5 Å². The molecule has 82 valence electrons. The van der Waals surface area contributed by atoms with Crippen LogP contribution in [0.1, 0.15) is 5.56 Å². The third-order valence-electron chi connectivity index (χ3n) is 1.89. The Bertz CT molecular complexity index is 376. The SMILES string of the molecule is COc1cc(Cl)c(CC(=O)O)cc1OC. The van der Waals surface area contributed by atoms with Crippen LogP contribution in [-0.4, -0.2) is 25.3 Å². The molecule has 1 aromatic carbocycles. The van der Waals surface area contributed by atoms with Crippen LogP contribution < -0.4 is 9.47 Å². The van der Waals surface area contributed by atoms with Gasteiger partial charge in [-0.3, -0.25) is 4.79 Å². The molecule has 1 rings (SSSR count). The van der Waals surface area contributed by atoms with E-state index in [1.165, 1.54) is 14.2 Å². The summed E-state index contributed by atoms with van der Waals surface area (Å²) in [5.41, 5.74) is 0.502. The molecule has 0 atom stereocenters. The molecule has 0 aliphatic carbocycles. The maximum atomic E-state index is 10.5. The molecule has 0 aromatic heterocycles. The van der Waals surface area contributed by atoms with Gasteiger partial charge in [-0.1, -0.05) is 11.6 Å². The summed E-state index contributed by atoms with van der Waals surface area (Å²) in [4.78, 5) is 10.5. The first-order valence-electron chi connectivity index (χ1n) is 4.20. The molecule has 0 aliphatic heterocycles. The molecule has 15 heavy (non-hydrogen) atoms. The summed E-state index contributed by atoms with van der Waals surface area (Å²) in [6.45, 7) is 0. The van der Waals surface area contributed by atoms with Crippen molar-refractivity contribution in [2.75, 3.05) is 14.2 Å². The fourth-order valence-corrected chi connectivity index (χ4v) is 1.42. The molecule has 0 saturated heterocycles. The normalized spacial score (nSPS) is 9.80. The lowest BCUT2D eigenvalue weighted by atomic mass is 10.1. The highest BCUT2D eigenvalue weighted by Crippen LogP contribution is 2.33. The topological polar surface area (TPSA) is 55.8 Å². The van der Waals surface area contributed by atoms with Crippen molar-refractivity contribution in [1.29, 1.82) is 0 Å². The van der Waals surface area contributed by atoms with Crippen molar-refractivity contribution in [2.45, 2.75) is 6.42 Å². The van der Waals surface area contributed by atoms with Crippen molar-refractivity contribution in [1.82, 2.24) is 0 Å². The second-order valence-electron chi connectivity index (χ2n) is 2.87. The molecule has 0 radical (unpaired) electrons. The molecule has 0 saturated carbocycles. The molecule has 0 spiro atoms. The van der Waals surface area contributed by atoms with Crippen molar-refractivity contribution < 1.29 is 19.4 Å². The zero-order valence-electron chi connectivity index (χ0n) is 8.41. The standard InChI is InChI=1S/C10H11ClO4/c1-14-8-3-6(4-10(12)13)7(11)5-9(8)15-2/h3,5H,4H2,1-2H3,(H,12,13). The molecule has 0 fully saturated rings. The van der Waals surface area contributed by atoms with Crippen molar-refractivity contribution >= 4 is 17.6 Å². The molecule has 0 heterocycles. The van der Waals surface area contributed by atoms with Crippen molar-refractivity contribution in [3.05, 3.63) is 22.7 Å². The number of benzene rings is 1. The third-order valence-corrected chi connectivity index (χ3v) is 2.25. The molecule has 1 N–H and O–H groups in total. The highest BCUT2D eigenvalue weighted by molar-refractivity contribution is 6.31. The number of carboxylic acids is 1. The number of hydrogen-bond acceptors (Lipinski definition) is 3. The van der Waals surface area contributed by atoms with E-state index in [0.29, 0.717) is 22.1 Å². The fraction of sp³-hybridized carbons (Fsp3) is 0.300. The Kier molecular flexibility index (Phi) is 3.80. The van der Waals surface area contributed by atoms with E-state index in [4.69, 9.17) is 26.2 Å². The molecular formula is C10H11ClO4. The Hall–Kier alpha value is -1.42. The summed E-state index contributed by atoms with van der Waals surface area (Å²) in [6.07, 6.45) is -0.140. The second kappa shape index (κ2) is 4.89. The first kappa shape index (κ1) is 11.7. The van der Waals surface area contributed by atoms with Crippen LogP contribution in [0.2, 0.25) is 5.02 Å². The molecule has 4 nitrogen and oxygen atoms in total. The predicted molar refractivity (Wildman–Crippen MR) is 55.9 cm³/mol. The lowest BCUT2D eigenvalue weighted by Gasteiger charge is -2.10. The number of hydrogen-bond donors (Lipinski definition) is 1. The largest absolute Gasteiger partial charge is 0.493 e. The van der Waals surface area contributed by atoms with Gasteiger partial charge in [0.15, 0.2) is 11.5 Å². The van der Waals surface area contributed by atoms with E-state index >= 15 is 0 Å². The van der Waals surface area contributed by atoms with Gasteiger partial charge in [-0.25, -0.2) is 0 Å². The van der Waals surface area contributed by atoms with Gasteiger partial charge in [-0.05, 0) is 11.6 Å². The summed E-state index contributed by atoms with van der Waals surface area (Å²) in [7, 11) is 2.97. The van der Waals surface area contributed by atoms with Crippen LogP contribution in [0.15, 0.2) is 12.1 Å². The average molecular weight is 231 g/mol. The van der Waals surface area contributed by atoms with Crippen LogP contribution in [-0.2, 0) is 11.2 Å². The van der Waals surface area contributed by atoms with Gasteiger partial charge in [0.1, 0.15) is 0 Å². The van der Waals surface area contributed by atoms with E-state index in [1.807, 2.05) is 0 Å². The van der Waals surface area contributed by atoms with Crippen LogP contribution in [0.3, 0.4) is 0 Å². The number of halogens is 1. The molecule has 0 amide bonds. The Balaban J connectivity index is 3.13. The molecule has 5 heteroatoms. The van der Waals surface area contributed by atoms with Gasteiger partial charge in [0.25, 0.3) is 0 Å². The van der Waals surface area contributed by atoms with Gasteiger partial charge >= 0.3 is 5.97 Å². The van der Waals surface area contributed by atoms with Crippen LogP contribution in [0.25, 0.3) is 0 Å². The molecule has 0 aliphatic rings. The van der Waals surface area contributed by atoms with Gasteiger partial charge in [0.2, 0.25) is 0 Å². The Morgan fingerprint density at radius 2 is 1.87 bits per heavy atom. The monoisotopic (exact) mass is 230 g/mol. The summed E-state index contributed by atoms with van der Waals surface area (Å²) in [5, 5.41) is 9.01. The zero-order chi connectivity index (χ0) is 11.4. The lowest BCUT2D eigenvalue weighted by molar-refractivity contribution is -0.136. The minimum atomic E-state index is -0.941. The number of methoxy groups -OCH3 is 2. The van der Waals surface area contributed by atoms with E-state index in [9.17, 15) is 4.79 Å². The molecule has 1 aromatic rings. The number of carbonyl (C=O) groups is 1. The van der Waals surface area contributed by atoms with Crippen LogP contribution in [0.5, 0.6) is 11.5 Å². The van der Waals surface area contributed by atoms with Gasteiger partial charge < -0.3 is 14.6 Å². The first-order chi connectivity index (χ1) is 7.08. The Morgan fingerprint density at radius 1 is 1.33 bits per heavy atom. The molecular weight excluding hydrogens is 220 g/mol. The average Bonchev–Trinajstić information content (AvgIpc) is 2.19. The van der Waals surface area contributed by atoms with Gasteiger partial charge in [-0.15, -0.1) is 0 Å². The van der Waals surface area contributed by atoms with Gasteiger partial charge in [-0.2, -0.15) is 0 Å². The van der Waals surface area contributed by atoms with E-state index < -0.39 is 5.97 Å². The summed E-state index contributed by atoms with van der Waals surface area (Å²) in [5.74, 6) is 0.0129.